The molecule has 2 aromatic heterocycles. The van der Waals surface area contributed by atoms with Crippen LogP contribution in [0.1, 0.15) is 48.8 Å². The zero-order valence-corrected chi connectivity index (χ0v) is 21.8. The number of anilines is 2. The zero-order valence-electron chi connectivity index (χ0n) is 21.8. The zero-order chi connectivity index (χ0) is 28.9. The molecule has 0 spiro atoms. The molecular formula is C30H24F3N5O3. The largest absolute Gasteiger partial charge is 0.296 e. The van der Waals surface area contributed by atoms with Crippen molar-refractivity contribution in [3.05, 3.63) is 83.6 Å². The molecule has 8 nitrogen and oxygen atoms in total. The number of nitriles is 1. The monoisotopic (exact) mass is 559 g/mol. The van der Waals surface area contributed by atoms with Gasteiger partial charge in [-0.05, 0) is 42.5 Å². The molecule has 1 saturated carbocycles. The summed E-state index contributed by atoms with van der Waals surface area (Å²) in [6, 6.07) is 11.8. The first kappa shape index (κ1) is 26.6. The average molecular weight is 560 g/mol. The Morgan fingerprint density at radius 3 is 2.61 bits per heavy atom. The minimum Gasteiger partial charge on any atom is -0.296 e. The van der Waals surface area contributed by atoms with E-state index in [9.17, 15) is 32.8 Å². The Morgan fingerprint density at radius 1 is 1.10 bits per heavy atom. The van der Waals surface area contributed by atoms with E-state index in [-0.39, 0.29) is 36.3 Å². The van der Waals surface area contributed by atoms with Crippen molar-refractivity contribution in [2.45, 2.75) is 56.0 Å². The SMILES string of the molecule is N#Cc1ccnc(N2C(=O)CC[C@H]2C(=O)N(c2cncc(F)c2)[C@]2(C(=O)C3CC(F)(F)C3)CCc3ccccc32)c1. The third-order valence-electron chi connectivity index (χ3n) is 8.26. The molecule has 3 heterocycles. The summed E-state index contributed by atoms with van der Waals surface area (Å²) in [5, 5.41) is 9.37. The van der Waals surface area contributed by atoms with Gasteiger partial charge < -0.3 is 0 Å². The molecule has 1 aromatic carbocycles. The van der Waals surface area contributed by atoms with E-state index in [0.717, 1.165) is 17.8 Å². The van der Waals surface area contributed by atoms with E-state index in [1.54, 1.807) is 18.2 Å². The highest BCUT2D eigenvalue weighted by Crippen LogP contribution is 2.52. The molecular weight excluding hydrogens is 535 g/mol. The fourth-order valence-electron chi connectivity index (χ4n) is 6.41. The third kappa shape index (κ3) is 4.34. The van der Waals surface area contributed by atoms with Gasteiger partial charge in [0.2, 0.25) is 11.8 Å². The number of amides is 2. The van der Waals surface area contributed by atoms with Crippen LogP contribution in [0.5, 0.6) is 0 Å². The molecule has 6 rings (SSSR count). The number of halogens is 3. The van der Waals surface area contributed by atoms with E-state index >= 15 is 0 Å². The first-order chi connectivity index (χ1) is 19.6. The molecule has 3 aromatic rings. The summed E-state index contributed by atoms with van der Waals surface area (Å²) >= 11 is 0. The molecule has 0 unspecified atom stereocenters. The van der Waals surface area contributed by atoms with Gasteiger partial charge in [0.05, 0.1) is 29.7 Å². The highest BCUT2D eigenvalue weighted by molar-refractivity contribution is 6.13. The molecule has 1 aliphatic heterocycles. The van der Waals surface area contributed by atoms with Crippen molar-refractivity contribution in [3.63, 3.8) is 0 Å². The van der Waals surface area contributed by atoms with Crippen LogP contribution in [0, 0.1) is 23.1 Å². The Labute approximate surface area is 233 Å². The predicted molar refractivity (Wildman–Crippen MR) is 140 cm³/mol. The van der Waals surface area contributed by atoms with Gasteiger partial charge in [-0.1, -0.05) is 24.3 Å². The maximum absolute atomic E-state index is 14.7. The Kier molecular flexibility index (Phi) is 6.36. The second-order valence-electron chi connectivity index (χ2n) is 10.7. The fraction of sp³-hybridized carbons (Fsp3) is 0.333. The molecule has 208 valence electrons. The number of Topliss-reactive ketones (excluding diaryl/α,β-unsaturated/α-hetero) is 1. The summed E-state index contributed by atoms with van der Waals surface area (Å²) in [7, 11) is 0. The minimum atomic E-state index is -2.99. The second-order valence-corrected chi connectivity index (χ2v) is 10.7. The number of aryl methyl sites for hydroxylation is 1. The van der Waals surface area contributed by atoms with E-state index in [0.29, 0.717) is 12.0 Å². The Bertz CT molecular complexity index is 1610. The highest BCUT2D eigenvalue weighted by atomic mass is 19.3. The molecule has 2 fully saturated rings. The summed E-state index contributed by atoms with van der Waals surface area (Å²) in [6.07, 6.45) is 2.83. The number of benzene rings is 1. The number of rotatable bonds is 6. The van der Waals surface area contributed by atoms with E-state index < -0.39 is 59.7 Å². The number of alkyl halides is 2. The van der Waals surface area contributed by atoms with E-state index in [4.69, 9.17) is 0 Å². The minimum absolute atomic E-state index is 0.00348. The molecule has 0 radical (unpaired) electrons. The van der Waals surface area contributed by atoms with Crippen molar-refractivity contribution in [3.8, 4) is 6.07 Å². The van der Waals surface area contributed by atoms with Crippen LogP contribution in [0.15, 0.2) is 61.1 Å². The predicted octanol–water partition coefficient (Wildman–Crippen LogP) is 4.47. The summed E-state index contributed by atoms with van der Waals surface area (Å²) in [5.41, 5.74) is -0.252. The first-order valence-corrected chi connectivity index (χ1v) is 13.3. The van der Waals surface area contributed by atoms with Crippen molar-refractivity contribution < 1.29 is 27.6 Å². The van der Waals surface area contributed by atoms with E-state index in [1.807, 2.05) is 12.1 Å². The lowest BCUT2D eigenvalue weighted by molar-refractivity contribution is -0.154. The van der Waals surface area contributed by atoms with Crippen LogP contribution in [0.2, 0.25) is 0 Å². The van der Waals surface area contributed by atoms with E-state index in [2.05, 4.69) is 9.97 Å². The molecule has 0 N–H and O–H groups in total. The lowest BCUT2D eigenvalue weighted by Gasteiger charge is -2.46. The van der Waals surface area contributed by atoms with Crippen molar-refractivity contribution in [2.24, 2.45) is 5.92 Å². The fourth-order valence-corrected chi connectivity index (χ4v) is 6.41. The van der Waals surface area contributed by atoms with Gasteiger partial charge in [-0.25, -0.2) is 18.2 Å². The molecule has 2 atom stereocenters. The maximum Gasteiger partial charge on any atom is 0.251 e. The normalized spacial score (nSPS) is 23.0. The Balaban J connectivity index is 1.52. The number of pyridine rings is 2. The van der Waals surface area contributed by atoms with Crippen LogP contribution in [0.3, 0.4) is 0 Å². The van der Waals surface area contributed by atoms with E-state index in [1.165, 1.54) is 34.3 Å². The van der Waals surface area contributed by atoms with Gasteiger partial charge in [0.25, 0.3) is 5.91 Å². The van der Waals surface area contributed by atoms with Crippen molar-refractivity contribution in [1.82, 2.24) is 9.97 Å². The Hall–Kier alpha value is -4.59. The van der Waals surface area contributed by atoms with Crippen molar-refractivity contribution >= 4 is 29.1 Å². The molecule has 0 bridgehead atoms. The molecule has 2 aliphatic carbocycles. The summed E-state index contributed by atoms with van der Waals surface area (Å²) in [6.45, 7) is 0. The van der Waals surface area contributed by atoms with Crippen LogP contribution in [0.4, 0.5) is 24.7 Å². The average Bonchev–Trinajstić information content (AvgIpc) is 3.53. The highest BCUT2D eigenvalue weighted by Gasteiger charge is 2.60. The van der Waals surface area contributed by atoms with Crippen LogP contribution >= 0.6 is 0 Å². The number of aromatic nitrogens is 2. The number of nitrogens with zero attached hydrogens (tertiary/aromatic N) is 5. The van der Waals surface area contributed by atoms with Gasteiger partial charge >= 0.3 is 0 Å². The molecule has 3 aliphatic rings. The second kappa shape index (κ2) is 9.80. The number of hydrogen-bond acceptors (Lipinski definition) is 6. The van der Waals surface area contributed by atoms with Gasteiger partial charge in [0.1, 0.15) is 23.2 Å². The molecule has 1 saturated heterocycles. The lowest BCUT2D eigenvalue weighted by Crippen LogP contribution is -2.61. The van der Waals surface area contributed by atoms with Crippen LogP contribution in [-0.2, 0) is 26.3 Å². The number of fused-ring (bicyclic) bond motifs is 1. The third-order valence-corrected chi connectivity index (χ3v) is 8.26. The van der Waals surface area contributed by atoms with Crippen LogP contribution < -0.4 is 9.80 Å². The van der Waals surface area contributed by atoms with Crippen molar-refractivity contribution in [2.75, 3.05) is 9.80 Å². The number of ketones is 1. The van der Waals surface area contributed by atoms with Gasteiger partial charge in [-0.15, -0.1) is 0 Å². The quantitative estimate of drug-likeness (QED) is 0.441. The lowest BCUT2D eigenvalue weighted by atomic mass is 9.69. The summed E-state index contributed by atoms with van der Waals surface area (Å²) < 4.78 is 42.6. The standard InChI is InChI=1S/C30H24F3N5O3/c31-21-12-22(17-35-16-21)38(28(41)24-5-6-26(39)37(24)25-11-18(15-34)8-10-36-25)30(27(40)20-13-29(32,33)14-20)9-7-19-3-1-2-4-23(19)30/h1-4,8,10-12,16-17,20,24H,5-7,9,13-14H2/t24-,30+/m0/s1. The summed E-state index contributed by atoms with van der Waals surface area (Å²) in [4.78, 5) is 52.6. The van der Waals surface area contributed by atoms with Gasteiger partial charge in [-0.3, -0.25) is 29.2 Å². The maximum atomic E-state index is 14.7. The number of hydrogen-bond donors (Lipinski definition) is 0. The van der Waals surface area contributed by atoms with Crippen molar-refractivity contribution in [1.29, 1.82) is 5.26 Å². The van der Waals surface area contributed by atoms with Gasteiger partial charge in [0, 0.05) is 37.4 Å². The topological polar surface area (TPSA) is 107 Å². The molecule has 41 heavy (non-hydrogen) atoms. The smallest absolute Gasteiger partial charge is 0.251 e. The first-order valence-electron chi connectivity index (χ1n) is 13.3. The molecule has 2 amide bonds. The van der Waals surface area contributed by atoms with Crippen LogP contribution in [-0.4, -0.2) is 39.5 Å². The Morgan fingerprint density at radius 2 is 1.88 bits per heavy atom. The molecule has 11 heteroatoms. The van der Waals surface area contributed by atoms with Crippen LogP contribution in [0.25, 0.3) is 0 Å². The van der Waals surface area contributed by atoms with Gasteiger partial charge in [0.15, 0.2) is 5.78 Å². The summed E-state index contributed by atoms with van der Waals surface area (Å²) in [5.74, 6) is -6.31. The number of carbonyl (C=O) groups excluding carboxylic acids is 3. The van der Waals surface area contributed by atoms with Gasteiger partial charge in [-0.2, -0.15) is 5.26 Å². The number of carbonyl (C=O) groups is 3.